The lowest BCUT2D eigenvalue weighted by molar-refractivity contribution is 0.416. The third-order valence-electron chi connectivity index (χ3n) is 2.85. The van der Waals surface area contributed by atoms with Crippen molar-refractivity contribution in [3.63, 3.8) is 0 Å². The van der Waals surface area contributed by atoms with E-state index in [1.54, 1.807) is 25.3 Å². The zero-order valence-electron chi connectivity index (χ0n) is 10.8. The Labute approximate surface area is 111 Å². The van der Waals surface area contributed by atoms with Gasteiger partial charge in [0.1, 0.15) is 5.75 Å². The van der Waals surface area contributed by atoms with E-state index in [2.05, 4.69) is 4.98 Å². The Bertz CT molecular complexity index is 648. The molecule has 2 aromatic carbocycles. The largest absolute Gasteiger partial charge is 0.495 e. The van der Waals surface area contributed by atoms with Crippen molar-refractivity contribution in [2.75, 3.05) is 20.0 Å². The highest BCUT2D eigenvalue weighted by molar-refractivity contribution is 5.74. The average Bonchev–Trinajstić information content (AvgIpc) is 2.47. The summed E-state index contributed by atoms with van der Waals surface area (Å²) in [6, 6.07) is 10.8. The van der Waals surface area contributed by atoms with Crippen LogP contribution in [-0.4, -0.2) is 14.2 Å². The molecule has 0 aliphatic rings. The quantitative estimate of drug-likeness (QED) is 0.674. The third-order valence-corrected chi connectivity index (χ3v) is 2.85. The summed E-state index contributed by atoms with van der Waals surface area (Å²) in [5.74, 6) is 1.11. The van der Waals surface area contributed by atoms with Gasteiger partial charge in [0.15, 0.2) is 4.98 Å². The Morgan fingerprint density at radius 2 is 1.53 bits per heavy atom. The first kappa shape index (κ1) is 12.7. The van der Waals surface area contributed by atoms with Gasteiger partial charge < -0.3 is 15.2 Å². The van der Waals surface area contributed by atoms with Crippen LogP contribution in [0, 0.1) is 5.39 Å². The zero-order chi connectivity index (χ0) is 13.8. The van der Waals surface area contributed by atoms with Crippen LogP contribution < -0.4 is 15.2 Å². The lowest BCUT2D eigenvalue weighted by Gasteiger charge is -2.08. The van der Waals surface area contributed by atoms with Crippen LogP contribution in [-0.2, 0) is 0 Å². The van der Waals surface area contributed by atoms with Crippen LogP contribution >= 0.6 is 0 Å². The van der Waals surface area contributed by atoms with Gasteiger partial charge in [-0.3, -0.25) is 0 Å². The van der Waals surface area contributed by atoms with Gasteiger partial charge in [0.05, 0.1) is 19.9 Å². The van der Waals surface area contributed by atoms with Crippen molar-refractivity contribution in [3.05, 3.63) is 41.4 Å². The molecule has 0 bridgehead atoms. The van der Waals surface area contributed by atoms with Crippen LogP contribution in [0.5, 0.6) is 11.5 Å². The Hall–Kier alpha value is -2.74. The highest BCUT2D eigenvalue weighted by atomic mass is 16.5. The summed E-state index contributed by atoms with van der Waals surface area (Å²) < 4.78 is 10.4. The third kappa shape index (κ3) is 2.43. The maximum Gasteiger partial charge on any atom is 0.426 e. The second-order valence-electron chi connectivity index (χ2n) is 3.94. The fourth-order valence-corrected chi connectivity index (χ4v) is 1.83. The van der Waals surface area contributed by atoms with Crippen LogP contribution in [0.2, 0.25) is 0 Å². The number of diazo groups is 1. The second-order valence-corrected chi connectivity index (χ2v) is 3.94. The van der Waals surface area contributed by atoms with Gasteiger partial charge >= 0.3 is 5.69 Å². The minimum Gasteiger partial charge on any atom is -0.495 e. The number of nitrogens with zero attached hydrogens (tertiary/aromatic N) is 2. The van der Waals surface area contributed by atoms with Crippen LogP contribution in [0.1, 0.15) is 0 Å². The number of anilines is 1. The van der Waals surface area contributed by atoms with E-state index in [4.69, 9.17) is 20.6 Å². The number of ether oxygens (including phenoxy) is 2. The van der Waals surface area contributed by atoms with Gasteiger partial charge in [-0.1, -0.05) is 6.07 Å². The highest BCUT2D eigenvalue weighted by Gasteiger charge is 2.15. The Kier molecular flexibility index (Phi) is 3.53. The van der Waals surface area contributed by atoms with E-state index in [-0.39, 0.29) is 0 Å². The zero-order valence-corrected chi connectivity index (χ0v) is 10.8. The maximum atomic E-state index is 8.84. The molecule has 2 N–H and O–H groups in total. The smallest absolute Gasteiger partial charge is 0.426 e. The number of hydrogen-bond donors (Lipinski definition) is 1. The molecule has 0 radical (unpaired) electrons. The molecule has 2 aromatic rings. The number of rotatable bonds is 3. The fourth-order valence-electron chi connectivity index (χ4n) is 1.83. The number of benzene rings is 2. The predicted molar refractivity (Wildman–Crippen MR) is 74.1 cm³/mol. The lowest BCUT2D eigenvalue weighted by Crippen LogP contribution is -1.92. The van der Waals surface area contributed by atoms with Gasteiger partial charge in [-0.05, 0) is 35.4 Å². The van der Waals surface area contributed by atoms with Gasteiger partial charge in [0, 0.05) is 6.07 Å². The molecule has 0 atom stereocenters. The van der Waals surface area contributed by atoms with Crippen molar-refractivity contribution >= 4 is 11.4 Å². The summed E-state index contributed by atoms with van der Waals surface area (Å²) in [6.07, 6.45) is 0. The number of nitrogen functional groups attached to an aromatic ring is 1. The molecule has 0 amide bonds. The highest BCUT2D eigenvalue weighted by Crippen LogP contribution is 2.34. The van der Waals surface area contributed by atoms with Crippen molar-refractivity contribution < 1.29 is 9.47 Å². The van der Waals surface area contributed by atoms with Gasteiger partial charge in [-0.25, -0.2) is 0 Å². The SMILES string of the molecule is COc1cc(-c2ccc([N+]#N)c(OC)c2)ccc1N. The molecule has 0 unspecified atom stereocenters. The summed E-state index contributed by atoms with van der Waals surface area (Å²) in [4.78, 5) is 3.15. The first-order valence-electron chi connectivity index (χ1n) is 5.66. The molecule has 96 valence electrons. The summed E-state index contributed by atoms with van der Waals surface area (Å²) in [6.45, 7) is 0. The van der Waals surface area contributed by atoms with Crippen LogP contribution in [0.4, 0.5) is 11.4 Å². The molecule has 0 saturated heterocycles. The minimum absolute atomic E-state index is 0.383. The Morgan fingerprint density at radius 3 is 2.11 bits per heavy atom. The molecule has 2 rings (SSSR count). The molecule has 0 aliphatic heterocycles. The normalized spacial score (nSPS) is 9.74. The molecule has 0 spiro atoms. The van der Waals surface area contributed by atoms with Crippen LogP contribution in [0.15, 0.2) is 36.4 Å². The Morgan fingerprint density at radius 1 is 0.947 bits per heavy atom. The minimum atomic E-state index is 0.383. The molecule has 5 nitrogen and oxygen atoms in total. The van der Waals surface area contributed by atoms with E-state index >= 15 is 0 Å². The van der Waals surface area contributed by atoms with Gasteiger partial charge in [-0.2, -0.15) is 0 Å². The van der Waals surface area contributed by atoms with Crippen molar-refractivity contribution in [3.8, 4) is 22.6 Å². The summed E-state index contributed by atoms with van der Waals surface area (Å²) in [5.41, 5.74) is 8.61. The molecule has 0 heterocycles. The van der Waals surface area contributed by atoms with Crippen LogP contribution in [0.25, 0.3) is 16.1 Å². The second kappa shape index (κ2) is 5.27. The van der Waals surface area contributed by atoms with Crippen molar-refractivity contribution in [1.29, 1.82) is 5.39 Å². The van der Waals surface area contributed by atoms with Crippen LogP contribution in [0.3, 0.4) is 0 Å². The summed E-state index contributed by atoms with van der Waals surface area (Å²) >= 11 is 0. The molecule has 19 heavy (non-hydrogen) atoms. The van der Waals surface area contributed by atoms with Gasteiger partial charge in [0.25, 0.3) is 0 Å². The molecule has 0 aliphatic carbocycles. The van der Waals surface area contributed by atoms with Gasteiger partial charge in [-0.15, -0.1) is 0 Å². The molecule has 0 fully saturated rings. The topological polar surface area (TPSA) is 72.6 Å². The number of hydrogen-bond acceptors (Lipinski definition) is 4. The van der Waals surface area contributed by atoms with Crippen molar-refractivity contribution in [2.24, 2.45) is 0 Å². The predicted octanol–water partition coefficient (Wildman–Crippen LogP) is 3.44. The molecule has 0 saturated carbocycles. The maximum absolute atomic E-state index is 8.84. The number of methoxy groups -OCH3 is 2. The lowest BCUT2D eigenvalue weighted by atomic mass is 10.0. The number of nitrogens with two attached hydrogens (primary N) is 1. The molecule has 5 heteroatoms. The van der Waals surface area contributed by atoms with E-state index in [1.807, 2.05) is 18.2 Å². The first-order valence-corrected chi connectivity index (χ1v) is 5.66. The standard InChI is InChI=1S/C14H14N3O2/c1-18-13-7-9(3-5-11(13)15)10-4-6-12(17-16)14(8-10)19-2/h3-8H,15H2,1-2H3/q+1. The average molecular weight is 256 g/mol. The summed E-state index contributed by atoms with van der Waals surface area (Å²) in [7, 11) is 3.10. The van der Waals surface area contributed by atoms with Gasteiger partial charge in [0.2, 0.25) is 11.1 Å². The molecular weight excluding hydrogens is 242 g/mol. The fraction of sp³-hybridized carbons (Fsp3) is 0.143. The first-order chi connectivity index (χ1) is 9.19. The van der Waals surface area contributed by atoms with E-state index in [9.17, 15) is 0 Å². The molecular formula is C14H14N3O2+. The monoisotopic (exact) mass is 256 g/mol. The van der Waals surface area contributed by atoms with Crippen molar-refractivity contribution in [1.82, 2.24) is 0 Å². The molecule has 0 aromatic heterocycles. The van der Waals surface area contributed by atoms with E-state index in [0.29, 0.717) is 22.9 Å². The van der Waals surface area contributed by atoms with E-state index < -0.39 is 0 Å². The summed E-state index contributed by atoms with van der Waals surface area (Å²) in [5, 5.41) is 8.84. The van der Waals surface area contributed by atoms with E-state index in [0.717, 1.165) is 11.1 Å². The van der Waals surface area contributed by atoms with E-state index in [1.165, 1.54) is 7.11 Å². The van der Waals surface area contributed by atoms with Crippen molar-refractivity contribution in [2.45, 2.75) is 0 Å². The Balaban J connectivity index is 2.50.